The van der Waals surface area contributed by atoms with E-state index in [9.17, 15) is 0 Å². The molecular weight excluding hydrogens is 376 g/mol. The number of aryl methyl sites for hydroxylation is 2. The van der Waals surface area contributed by atoms with Crippen LogP contribution in [0.15, 0.2) is 48.5 Å². The maximum Gasteiger partial charge on any atom is 0.199 e. The van der Waals surface area contributed by atoms with Crippen molar-refractivity contribution < 1.29 is 18.9 Å². The molecule has 0 amide bonds. The predicted molar refractivity (Wildman–Crippen MR) is 120 cm³/mol. The monoisotopic (exact) mass is 412 g/mol. The van der Waals surface area contributed by atoms with E-state index in [2.05, 4.69) is 38.1 Å². The summed E-state index contributed by atoms with van der Waals surface area (Å²) in [6.07, 6.45) is 8.77. The Balaban J connectivity index is 0.000000171. The van der Waals surface area contributed by atoms with Gasteiger partial charge in [0.2, 0.25) is 0 Å². The molecule has 2 fully saturated rings. The van der Waals surface area contributed by atoms with Crippen molar-refractivity contribution in [1.29, 1.82) is 0 Å². The Morgan fingerprint density at radius 3 is 1.53 bits per heavy atom. The highest BCUT2D eigenvalue weighted by Gasteiger charge is 2.15. The summed E-state index contributed by atoms with van der Waals surface area (Å²) in [4.78, 5) is 0. The van der Waals surface area contributed by atoms with Gasteiger partial charge in [-0.05, 0) is 73.9 Å². The first-order valence-corrected chi connectivity index (χ1v) is 11.5. The van der Waals surface area contributed by atoms with Crippen LogP contribution in [0, 0.1) is 0 Å². The number of benzene rings is 2. The van der Waals surface area contributed by atoms with Crippen molar-refractivity contribution in [3.63, 3.8) is 0 Å². The lowest BCUT2D eigenvalue weighted by Crippen LogP contribution is -2.24. The van der Waals surface area contributed by atoms with E-state index in [0.717, 1.165) is 63.2 Å². The average Bonchev–Trinajstić information content (AvgIpc) is 2.81. The van der Waals surface area contributed by atoms with Gasteiger partial charge in [-0.25, -0.2) is 0 Å². The Hall–Kier alpha value is -2.04. The molecule has 0 spiro atoms. The molecule has 0 saturated carbocycles. The molecule has 2 aromatic carbocycles. The van der Waals surface area contributed by atoms with Crippen LogP contribution in [-0.4, -0.2) is 25.8 Å². The van der Waals surface area contributed by atoms with Gasteiger partial charge in [0.25, 0.3) is 0 Å². The fraction of sp³-hybridized carbons (Fsp3) is 0.538. The number of rotatable bonds is 6. The van der Waals surface area contributed by atoms with Crippen LogP contribution in [0.4, 0.5) is 0 Å². The molecule has 4 heteroatoms. The third-order valence-corrected chi connectivity index (χ3v) is 5.42. The average molecular weight is 413 g/mol. The normalized spacial score (nSPS) is 21.3. The predicted octanol–water partition coefficient (Wildman–Crippen LogP) is 6.31. The molecule has 2 aromatic rings. The van der Waals surface area contributed by atoms with Crippen LogP contribution in [0.1, 0.15) is 63.5 Å². The van der Waals surface area contributed by atoms with Gasteiger partial charge in [-0.15, -0.1) is 0 Å². The summed E-state index contributed by atoms with van der Waals surface area (Å²) in [5.41, 5.74) is 2.62. The molecule has 2 heterocycles. The van der Waals surface area contributed by atoms with Crippen LogP contribution in [0.2, 0.25) is 0 Å². The second kappa shape index (κ2) is 12.6. The van der Waals surface area contributed by atoms with Crippen molar-refractivity contribution in [2.24, 2.45) is 0 Å². The Morgan fingerprint density at radius 1 is 0.700 bits per heavy atom. The summed E-state index contributed by atoms with van der Waals surface area (Å²) in [6.45, 7) is 5.96. The zero-order valence-electron chi connectivity index (χ0n) is 18.5. The van der Waals surface area contributed by atoms with E-state index in [1.54, 1.807) is 0 Å². The Morgan fingerprint density at radius 2 is 1.17 bits per heavy atom. The van der Waals surface area contributed by atoms with Crippen LogP contribution in [0.5, 0.6) is 11.5 Å². The van der Waals surface area contributed by atoms with Crippen LogP contribution in [-0.2, 0) is 22.3 Å². The topological polar surface area (TPSA) is 36.9 Å². The molecule has 2 aliphatic rings. The fourth-order valence-corrected chi connectivity index (χ4v) is 3.59. The molecule has 2 saturated heterocycles. The lowest BCUT2D eigenvalue weighted by molar-refractivity contribution is -0.106. The molecule has 2 aliphatic heterocycles. The smallest absolute Gasteiger partial charge is 0.199 e. The summed E-state index contributed by atoms with van der Waals surface area (Å²) in [7, 11) is 0. The van der Waals surface area contributed by atoms with E-state index in [1.807, 2.05) is 24.3 Å². The molecule has 2 atom stereocenters. The van der Waals surface area contributed by atoms with Crippen molar-refractivity contribution in [2.75, 3.05) is 13.2 Å². The standard InChI is InChI=1S/2C13H18O2/c2*1-2-11-6-5-7-12(10-11)15-13-8-3-4-9-14-13/h2*5-7,10,13H,2-4,8-9H2,1H3. The van der Waals surface area contributed by atoms with Crippen molar-refractivity contribution in [2.45, 2.75) is 77.8 Å². The van der Waals surface area contributed by atoms with E-state index in [0.29, 0.717) is 0 Å². The Bertz CT molecular complexity index is 670. The quantitative estimate of drug-likeness (QED) is 0.557. The number of hydrogen-bond donors (Lipinski definition) is 0. The lowest BCUT2D eigenvalue weighted by atomic mass is 10.1. The molecular formula is C26H36O4. The molecule has 30 heavy (non-hydrogen) atoms. The van der Waals surface area contributed by atoms with Gasteiger partial charge in [-0.2, -0.15) is 0 Å². The van der Waals surface area contributed by atoms with Crippen LogP contribution in [0.25, 0.3) is 0 Å². The highest BCUT2D eigenvalue weighted by Crippen LogP contribution is 2.21. The van der Waals surface area contributed by atoms with Gasteiger partial charge in [-0.3, -0.25) is 0 Å². The van der Waals surface area contributed by atoms with E-state index >= 15 is 0 Å². The highest BCUT2D eigenvalue weighted by atomic mass is 16.7. The van der Waals surface area contributed by atoms with Gasteiger partial charge in [0.05, 0.1) is 13.2 Å². The molecule has 0 bridgehead atoms. The summed E-state index contributed by atoms with van der Waals surface area (Å²) in [5, 5.41) is 0. The number of hydrogen-bond acceptors (Lipinski definition) is 4. The Kier molecular flexibility index (Phi) is 9.52. The Labute approximate surface area is 181 Å². The SMILES string of the molecule is CCc1cccc(OC2CCCCO2)c1.CCc1cccc(OC2CCCCO2)c1. The highest BCUT2D eigenvalue weighted by molar-refractivity contribution is 5.29. The molecule has 0 radical (unpaired) electrons. The maximum absolute atomic E-state index is 5.78. The summed E-state index contributed by atoms with van der Waals surface area (Å²) in [6, 6.07) is 16.5. The zero-order valence-corrected chi connectivity index (χ0v) is 18.5. The second-order valence-corrected chi connectivity index (χ2v) is 7.83. The molecule has 164 valence electrons. The molecule has 4 rings (SSSR count). The van der Waals surface area contributed by atoms with Gasteiger partial charge in [-0.1, -0.05) is 38.1 Å². The van der Waals surface area contributed by atoms with E-state index in [1.165, 1.54) is 24.0 Å². The minimum Gasteiger partial charge on any atom is -0.465 e. The lowest BCUT2D eigenvalue weighted by Gasteiger charge is -2.23. The maximum atomic E-state index is 5.78. The van der Waals surface area contributed by atoms with E-state index < -0.39 is 0 Å². The molecule has 0 aliphatic carbocycles. The van der Waals surface area contributed by atoms with E-state index in [-0.39, 0.29) is 12.6 Å². The second-order valence-electron chi connectivity index (χ2n) is 7.83. The van der Waals surface area contributed by atoms with Gasteiger partial charge >= 0.3 is 0 Å². The molecule has 0 aromatic heterocycles. The molecule has 2 unspecified atom stereocenters. The van der Waals surface area contributed by atoms with Gasteiger partial charge < -0.3 is 18.9 Å². The minimum absolute atomic E-state index is 0.0362. The third-order valence-electron chi connectivity index (χ3n) is 5.42. The van der Waals surface area contributed by atoms with Crippen molar-refractivity contribution in [3.05, 3.63) is 59.7 Å². The summed E-state index contributed by atoms with van der Waals surface area (Å²) < 4.78 is 22.6. The number of ether oxygens (including phenoxy) is 4. The van der Waals surface area contributed by atoms with Crippen LogP contribution >= 0.6 is 0 Å². The van der Waals surface area contributed by atoms with E-state index in [4.69, 9.17) is 18.9 Å². The zero-order chi connectivity index (χ0) is 21.0. The van der Waals surface area contributed by atoms with Gasteiger partial charge in [0.15, 0.2) is 12.6 Å². The van der Waals surface area contributed by atoms with Crippen molar-refractivity contribution in [3.8, 4) is 11.5 Å². The van der Waals surface area contributed by atoms with Gasteiger partial charge in [0.1, 0.15) is 11.5 Å². The third kappa shape index (κ3) is 7.66. The van der Waals surface area contributed by atoms with Gasteiger partial charge in [0, 0.05) is 12.8 Å². The van der Waals surface area contributed by atoms with Crippen LogP contribution < -0.4 is 9.47 Å². The van der Waals surface area contributed by atoms with Crippen molar-refractivity contribution >= 4 is 0 Å². The molecule has 0 N–H and O–H groups in total. The first-order chi connectivity index (χ1) is 14.8. The largest absolute Gasteiger partial charge is 0.465 e. The first-order valence-electron chi connectivity index (χ1n) is 11.5. The first kappa shape index (κ1) is 22.6. The molecule has 4 nitrogen and oxygen atoms in total. The summed E-state index contributed by atoms with van der Waals surface area (Å²) in [5.74, 6) is 1.86. The van der Waals surface area contributed by atoms with Crippen molar-refractivity contribution in [1.82, 2.24) is 0 Å². The fourth-order valence-electron chi connectivity index (χ4n) is 3.59. The minimum atomic E-state index is -0.0362. The summed E-state index contributed by atoms with van der Waals surface area (Å²) >= 11 is 0. The van der Waals surface area contributed by atoms with Crippen LogP contribution in [0.3, 0.4) is 0 Å².